The van der Waals surface area contributed by atoms with Gasteiger partial charge in [0.25, 0.3) is 0 Å². The van der Waals surface area contributed by atoms with Gasteiger partial charge in [0.05, 0.1) is 27.9 Å². The lowest BCUT2D eigenvalue weighted by atomic mass is 9.64. The van der Waals surface area contributed by atoms with Crippen LogP contribution in [0, 0.1) is 0 Å². The van der Waals surface area contributed by atoms with E-state index in [2.05, 4.69) is 313 Å². The third kappa shape index (κ3) is 6.34. The molecule has 12 aromatic rings. The quantitative estimate of drug-likeness (QED) is 0.150. The Morgan fingerprint density at radius 3 is 1.37 bits per heavy atom. The zero-order valence-corrected chi connectivity index (χ0v) is 41.8. The predicted octanol–water partition coefficient (Wildman–Crippen LogP) is 19.0. The second kappa shape index (κ2) is 17.4. The van der Waals surface area contributed by atoms with Crippen molar-refractivity contribution in [2.75, 3.05) is 9.80 Å². The fraction of sp³-hybridized carbons (Fsp3) is 0.0270. The number of rotatable bonds is 8. The van der Waals surface area contributed by atoms with E-state index in [1.807, 2.05) is 0 Å². The molecular weight excluding hydrogens is 917 g/mol. The Kier molecular flexibility index (Phi) is 10.0. The molecule has 1 heterocycles. The lowest BCUT2D eigenvalue weighted by molar-refractivity contribution is 0.752. The molecule has 0 atom stereocenters. The van der Waals surface area contributed by atoms with E-state index in [1.165, 1.54) is 94.8 Å². The highest BCUT2D eigenvalue weighted by Crippen LogP contribution is 2.66. The monoisotopic (exact) mass is 966 g/mol. The molecule has 2 heteroatoms. The first kappa shape index (κ1) is 43.8. The van der Waals surface area contributed by atoms with Gasteiger partial charge in [-0.2, -0.15) is 0 Å². The van der Waals surface area contributed by atoms with Crippen LogP contribution in [0.2, 0.25) is 0 Å². The number of fused-ring (bicyclic) bond motifs is 12. The Hall–Kier alpha value is -9.76. The van der Waals surface area contributed by atoms with Gasteiger partial charge < -0.3 is 9.80 Å². The molecular formula is C74H50N2. The molecule has 0 saturated carbocycles. The summed E-state index contributed by atoms with van der Waals surface area (Å²) in [7, 11) is 0. The molecule has 0 N–H and O–H groups in total. The van der Waals surface area contributed by atoms with Crippen molar-refractivity contribution in [2.24, 2.45) is 0 Å². The predicted molar refractivity (Wildman–Crippen MR) is 315 cm³/mol. The standard InChI is InChI=1S/C74H50N2/c1-5-24-51(25-6-1)52-26-21-27-53(48-52)54-28-22-35-58(49-54)75(59-46-47-61-60-36-13-15-38-63(60)73(68(61)50-59,55-29-7-2-8-30-55)56-31-9-3-10-32-56)71-45-23-42-67-72(71)62-37-14-16-39-64(62)74(67)65-40-17-19-43-69(65)76(57-33-11-4-12-34-57)70-44-20-18-41-66(70)74/h1-50H. The summed E-state index contributed by atoms with van der Waals surface area (Å²) in [6, 6.07) is 113. The van der Waals surface area contributed by atoms with Crippen LogP contribution in [-0.2, 0) is 10.8 Å². The van der Waals surface area contributed by atoms with Gasteiger partial charge in [-0.25, -0.2) is 0 Å². The summed E-state index contributed by atoms with van der Waals surface area (Å²) < 4.78 is 0. The first-order chi connectivity index (χ1) is 37.7. The lowest BCUT2D eigenvalue weighted by Crippen LogP contribution is -2.36. The van der Waals surface area contributed by atoms with Crippen LogP contribution < -0.4 is 9.80 Å². The van der Waals surface area contributed by atoms with E-state index in [1.54, 1.807) is 0 Å². The topological polar surface area (TPSA) is 6.48 Å². The van der Waals surface area contributed by atoms with E-state index in [9.17, 15) is 0 Å². The number of hydrogen-bond acceptors (Lipinski definition) is 2. The van der Waals surface area contributed by atoms with Crippen molar-refractivity contribution >= 4 is 34.1 Å². The number of hydrogen-bond donors (Lipinski definition) is 0. The molecule has 0 unspecified atom stereocenters. The Morgan fingerprint density at radius 1 is 0.263 bits per heavy atom. The minimum atomic E-state index is -0.624. The maximum Gasteiger partial charge on any atom is 0.0755 e. The van der Waals surface area contributed by atoms with Gasteiger partial charge in [0.1, 0.15) is 0 Å². The molecule has 1 spiro atoms. The highest BCUT2D eigenvalue weighted by atomic mass is 15.2. The second-order valence-corrected chi connectivity index (χ2v) is 20.3. The Labute approximate surface area is 444 Å². The van der Waals surface area contributed by atoms with Crippen LogP contribution in [0.5, 0.6) is 0 Å². The van der Waals surface area contributed by atoms with Gasteiger partial charge in [-0.1, -0.05) is 243 Å². The van der Waals surface area contributed by atoms with E-state index < -0.39 is 10.8 Å². The maximum atomic E-state index is 2.56. The van der Waals surface area contributed by atoms with Gasteiger partial charge in [-0.3, -0.25) is 0 Å². The van der Waals surface area contributed by atoms with Crippen LogP contribution >= 0.6 is 0 Å². The van der Waals surface area contributed by atoms with Crippen molar-refractivity contribution in [1.29, 1.82) is 0 Å². The minimum Gasteiger partial charge on any atom is -0.310 e. The molecule has 0 bridgehead atoms. The highest BCUT2D eigenvalue weighted by molar-refractivity contribution is 6.02. The summed E-state index contributed by atoms with van der Waals surface area (Å²) in [6.07, 6.45) is 0. The minimum absolute atomic E-state index is 0.578. The van der Waals surface area contributed by atoms with Crippen molar-refractivity contribution in [2.45, 2.75) is 10.8 Å². The Morgan fingerprint density at radius 2 is 0.711 bits per heavy atom. The summed E-state index contributed by atoms with van der Waals surface area (Å²) in [4.78, 5) is 5.01. The van der Waals surface area contributed by atoms with Crippen molar-refractivity contribution in [3.8, 4) is 44.5 Å². The fourth-order valence-electron chi connectivity index (χ4n) is 13.5. The van der Waals surface area contributed by atoms with Gasteiger partial charge in [0.15, 0.2) is 0 Å². The van der Waals surface area contributed by atoms with Crippen LogP contribution in [0.25, 0.3) is 44.5 Å². The zero-order valence-electron chi connectivity index (χ0n) is 41.8. The smallest absolute Gasteiger partial charge is 0.0755 e. The van der Waals surface area contributed by atoms with E-state index in [0.29, 0.717) is 0 Å². The lowest BCUT2D eigenvalue weighted by Gasteiger charge is -2.45. The van der Waals surface area contributed by atoms with Crippen molar-refractivity contribution < 1.29 is 0 Å². The maximum absolute atomic E-state index is 2.56. The third-order valence-electron chi connectivity index (χ3n) is 16.5. The van der Waals surface area contributed by atoms with Crippen molar-refractivity contribution in [3.05, 3.63) is 348 Å². The molecule has 3 aliphatic rings. The zero-order chi connectivity index (χ0) is 50.2. The van der Waals surface area contributed by atoms with E-state index in [4.69, 9.17) is 0 Å². The van der Waals surface area contributed by atoms with E-state index in [0.717, 1.165) is 28.3 Å². The fourth-order valence-corrected chi connectivity index (χ4v) is 13.5. The molecule has 356 valence electrons. The number of anilines is 6. The summed E-state index contributed by atoms with van der Waals surface area (Å²) in [5, 5.41) is 0. The van der Waals surface area contributed by atoms with Crippen molar-refractivity contribution in [3.63, 3.8) is 0 Å². The SMILES string of the molecule is c1ccc(-c2cccc(-c3cccc(N(c4ccc5c(c4)C(c4ccccc4)(c4ccccc4)c4ccccc4-5)c4cccc5c4-c4ccccc4C54c5ccccc5N(c5ccccc5)c5ccccc54)c3)c2)cc1. The van der Waals surface area contributed by atoms with E-state index >= 15 is 0 Å². The second-order valence-electron chi connectivity index (χ2n) is 20.3. The summed E-state index contributed by atoms with van der Waals surface area (Å²) in [6.45, 7) is 0. The molecule has 0 amide bonds. The van der Waals surface area contributed by atoms with Gasteiger partial charge in [-0.05, 0) is 144 Å². The van der Waals surface area contributed by atoms with Crippen LogP contribution in [0.3, 0.4) is 0 Å². The van der Waals surface area contributed by atoms with Crippen LogP contribution in [0.1, 0.15) is 44.5 Å². The number of para-hydroxylation sites is 3. The van der Waals surface area contributed by atoms with Crippen LogP contribution in [-0.4, -0.2) is 0 Å². The third-order valence-corrected chi connectivity index (χ3v) is 16.5. The molecule has 2 nitrogen and oxygen atoms in total. The molecule has 12 aromatic carbocycles. The van der Waals surface area contributed by atoms with Crippen LogP contribution in [0.4, 0.5) is 34.1 Å². The molecule has 15 rings (SSSR count). The molecule has 2 aliphatic carbocycles. The number of benzene rings is 12. The Bertz CT molecular complexity index is 4090. The summed E-state index contributed by atoms with van der Waals surface area (Å²) in [5.41, 5.74) is 25.4. The highest BCUT2D eigenvalue weighted by Gasteiger charge is 2.53. The molecule has 0 radical (unpaired) electrons. The number of nitrogens with zero attached hydrogens (tertiary/aromatic N) is 2. The van der Waals surface area contributed by atoms with Gasteiger partial charge in [-0.15, -0.1) is 0 Å². The first-order valence-corrected chi connectivity index (χ1v) is 26.4. The largest absolute Gasteiger partial charge is 0.310 e. The average Bonchev–Trinajstić information content (AvgIpc) is 4.00. The Balaban J connectivity index is 1.01. The van der Waals surface area contributed by atoms with Crippen molar-refractivity contribution in [1.82, 2.24) is 0 Å². The normalized spacial score (nSPS) is 13.7. The summed E-state index contributed by atoms with van der Waals surface area (Å²) >= 11 is 0. The average molecular weight is 967 g/mol. The van der Waals surface area contributed by atoms with Gasteiger partial charge in [0.2, 0.25) is 0 Å². The first-order valence-electron chi connectivity index (χ1n) is 26.4. The van der Waals surface area contributed by atoms with Gasteiger partial charge in [0, 0.05) is 22.6 Å². The molecule has 76 heavy (non-hydrogen) atoms. The molecule has 1 aliphatic heterocycles. The molecule has 0 fully saturated rings. The summed E-state index contributed by atoms with van der Waals surface area (Å²) in [5.74, 6) is 0. The van der Waals surface area contributed by atoms with Gasteiger partial charge >= 0.3 is 0 Å². The van der Waals surface area contributed by atoms with E-state index in [-0.39, 0.29) is 0 Å². The van der Waals surface area contributed by atoms with Crippen LogP contribution in [0.15, 0.2) is 303 Å². The molecule has 0 aromatic heterocycles. The molecule has 0 saturated heterocycles.